The van der Waals surface area contributed by atoms with E-state index >= 15 is 0 Å². The largest absolute Gasteiger partial charge is 0.383 e. The Labute approximate surface area is 80.2 Å². The van der Waals surface area contributed by atoms with Crippen molar-refractivity contribution in [3.05, 3.63) is 0 Å². The molecule has 1 spiro atoms. The molecular weight excluding hydrogens is 162 g/mol. The zero-order chi connectivity index (χ0) is 8.94. The topological polar surface area (TPSA) is 12.5 Å². The minimum atomic E-state index is 0.464. The van der Waals surface area contributed by atoms with E-state index < -0.39 is 0 Å². The van der Waals surface area contributed by atoms with Crippen molar-refractivity contribution in [2.45, 2.75) is 37.6 Å². The first kappa shape index (κ1) is 8.25. The lowest BCUT2D eigenvalue weighted by Crippen LogP contribution is -2.42. The summed E-state index contributed by atoms with van der Waals surface area (Å²) in [6.45, 7) is 3.66. The molecule has 3 fully saturated rings. The van der Waals surface area contributed by atoms with E-state index in [1.165, 1.54) is 45.2 Å². The summed E-state index contributed by atoms with van der Waals surface area (Å²) in [5.41, 5.74) is 1.21. The zero-order valence-electron chi connectivity index (χ0n) is 8.51. The van der Waals surface area contributed by atoms with Crippen LogP contribution in [0.2, 0.25) is 0 Å². The van der Waals surface area contributed by atoms with Gasteiger partial charge in [0, 0.05) is 19.2 Å². The predicted molar refractivity (Wildman–Crippen MR) is 51.7 cm³/mol. The highest BCUT2D eigenvalue weighted by Crippen LogP contribution is 2.60. The van der Waals surface area contributed by atoms with E-state index in [0.717, 1.165) is 12.0 Å². The van der Waals surface area contributed by atoms with Gasteiger partial charge in [0.1, 0.15) is 0 Å². The summed E-state index contributed by atoms with van der Waals surface area (Å²) in [6.07, 6.45) is 7.15. The Morgan fingerprint density at radius 2 is 2.15 bits per heavy atom. The second kappa shape index (κ2) is 2.48. The Balaban J connectivity index is 1.82. The fourth-order valence-electron chi connectivity index (χ4n) is 3.59. The number of methoxy groups -OCH3 is 1. The molecule has 0 aromatic rings. The summed E-state index contributed by atoms with van der Waals surface area (Å²) < 4.78 is 5.41. The Morgan fingerprint density at radius 1 is 1.31 bits per heavy atom. The first-order chi connectivity index (χ1) is 6.29. The van der Waals surface area contributed by atoms with E-state index in [4.69, 9.17) is 4.74 Å². The molecule has 0 aromatic carbocycles. The lowest BCUT2D eigenvalue weighted by Gasteiger charge is -2.30. The Kier molecular flexibility index (Phi) is 1.58. The maximum Gasteiger partial charge on any atom is 0.0646 e. The number of ether oxygens (including phenoxy) is 1. The molecule has 0 amide bonds. The third kappa shape index (κ3) is 1.08. The maximum atomic E-state index is 5.41. The van der Waals surface area contributed by atoms with Crippen molar-refractivity contribution in [3.8, 4) is 0 Å². The molecule has 2 heteroatoms. The third-order valence-electron chi connectivity index (χ3n) is 4.34. The molecule has 1 unspecified atom stereocenters. The highest BCUT2D eigenvalue weighted by atomic mass is 16.5. The van der Waals surface area contributed by atoms with Crippen molar-refractivity contribution >= 4 is 0 Å². The number of rotatable bonds is 2. The molecule has 1 saturated carbocycles. The van der Waals surface area contributed by atoms with Crippen LogP contribution in [0, 0.1) is 5.41 Å². The summed E-state index contributed by atoms with van der Waals surface area (Å²) in [5.74, 6) is 0. The van der Waals surface area contributed by atoms with Crippen molar-refractivity contribution in [1.29, 1.82) is 0 Å². The fraction of sp³-hybridized carbons (Fsp3) is 1.00. The van der Waals surface area contributed by atoms with E-state index in [-0.39, 0.29) is 0 Å². The van der Waals surface area contributed by atoms with Gasteiger partial charge >= 0.3 is 0 Å². The summed E-state index contributed by atoms with van der Waals surface area (Å²) >= 11 is 0. The highest BCUT2D eigenvalue weighted by Gasteiger charge is 2.59. The lowest BCUT2D eigenvalue weighted by molar-refractivity contribution is 0.0652. The summed E-state index contributed by atoms with van der Waals surface area (Å²) in [6, 6.07) is 0. The van der Waals surface area contributed by atoms with Crippen LogP contribution < -0.4 is 0 Å². The summed E-state index contributed by atoms with van der Waals surface area (Å²) in [5, 5.41) is 0. The summed E-state index contributed by atoms with van der Waals surface area (Å²) in [4.78, 5) is 2.71. The molecule has 74 valence electrons. The number of hydrogen-bond donors (Lipinski definition) is 0. The van der Waals surface area contributed by atoms with Crippen molar-refractivity contribution < 1.29 is 4.74 Å². The standard InChI is InChI=1S/C11H19NO/c1-13-9-11-3-2-6-12(11)8-10(7-11)4-5-10/h2-9H2,1H3. The third-order valence-corrected chi connectivity index (χ3v) is 4.34. The molecule has 0 aromatic heterocycles. The van der Waals surface area contributed by atoms with Gasteiger partial charge in [-0.25, -0.2) is 0 Å². The molecule has 0 radical (unpaired) electrons. The lowest BCUT2D eigenvalue weighted by atomic mass is 9.89. The first-order valence-corrected chi connectivity index (χ1v) is 5.53. The first-order valence-electron chi connectivity index (χ1n) is 5.53. The van der Waals surface area contributed by atoms with E-state index in [1.807, 2.05) is 7.11 Å². The normalized spacial score (nSPS) is 41.3. The van der Waals surface area contributed by atoms with Gasteiger partial charge < -0.3 is 4.74 Å². The quantitative estimate of drug-likeness (QED) is 0.642. The van der Waals surface area contributed by atoms with Gasteiger partial charge in [0.2, 0.25) is 0 Å². The van der Waals surface area contributed by atoms with Crippen LogP contribution in [0.25, 0.3) is 0 Å². The molecule has 13 heavy (non-hydrogen) atoms. The van der Waals surface area contributed by atoms with E-state index in [9.17, 15) is 0 Å². The molecule has 1 aliphatic carbocycles. The second-order valence-corrected chi connectivity index (χ2v) is 5.36. The van der Waals surface area contributed by atoms with Crippen LogP contribution in [0.3, 0.4) is 0 Å². The Hall–Kier alpha value is -0.0800. The number of fused-ring (bicyclic) bond motifs is 1. The molecule has 3 rings (SSSR count). The van der Waals surface area contributed by atoms with Gasteiger partial charge in [-0.3, -0.25) is 4.90 Å². The van der Waals surface area contributed by atoms with Gasteiger partial charge in [-0.1, -0.05) is 0 Å². The molecule has 3 aliphatic rings. The Bertz CT molecular complexity index is 224. The smallest absolute Gasteiger partial charge is 0.0646 e. The van der Waals surface area contributed by atoms with E-state index in [0.29, 0.717) is 5.54 Å². The molecule has 2 aliphatic heterocycles. The predicted octanol–water partition coefficient (Wildman–Crippen LogP) is 1.65. The van der Waals surface area contributed by atoms with E-state index in [2.05, 4.69) is 4.90 Å². The van der Waals surface area contributed by atoms with Crippen LogP contribution in [-0.4, -0.2) is 37.2 Å². The van der Waals surface area contributed by atoms with Gasteiger partial charge in [0.05, 0.1) is 6.61 Å². The average Bonchev–Trinajstić information content (AvgIpc) is 2.60. The average molecular weight is 181 g/mol. The fourth-order valence-corrected chi connectivity index (χ4v) is 3.59. The van der Waals surface area contributed by atoms with Crippen LogP contribution in [0.5, 0.6) is 0 Å². The van der Waals surface area contributed by atoms with Crippen molar-refractivity contribution in [2.24, 2.45) is 5.41 Å². The molecule has 2 nitrogen and oxygen atoms in total. The minimum Gasteiger partial charge on any atom is -0.383 e. The minimum absolute atomic E-state index is 0.464. The van der Waals surface area contributed by atoms with Gasteiger partial charge in [-0.05, 0) is 44.1 Å². The van der Waals surface area contributed by atoms with Gasteiger partial charge in [0.15, 0.2) is 0 Å². The van der Waals surface area contributed by atoms with Gasteiger partial charge in [-0.2, -0.15) is 0 Å². The van der Waals surface area contributed by atoms with Crippen LogP contribution in [-0.2, 0) is 4.74 Å². The zero-order valence-corrected chi connectivity index (χ0v) is 8.51. The highest BCUT2D eigenvalue weighted by molar-refractivity contribution is 5.13. The Morgan fingerprint density at radius 3 is 2.85 bits per heavy atom. The molecule has 2 heterocycles. The maximum absolute atomic E-state index is 5.41. The molecule has 0 N–H and O–H groups in total. The molecular formula is C11H19NO. The number of nitrogens with zero attached hydrogens (tertiary/aromatic N) is 1. The van der Waals surface area contributed by atoms with Crippen LogP contribution in [0.4, 0.5) is 0 Å². The molecule has 1 atom stereocenters. The second-order valence-electron chi connectivity index (χ2n) is 5.36. The van der Waals surface area contributed by atoms with Crippen LogP contribution in [0.15, 0.2) is 0 Å². The van der Waals surface area contributed by atoms with E-state index in [1.54, 1.807) is 0 Å². The van der Waals surface area contributed by atoms with Crippen molar-refractivity contribution in [2.75, 3.05) is 26.8 Å². The van der Waals surface area contributed by atoms with Crippen LogP contribution >= 0.6 is 0 Å². The number of hydrogen-bond acceptors (Lipinski definition) is 2. The van der Waals surface area contributed by atoms with Gasteiger partial charge in [-0.15, -0.1) is 0 Å². The SMILES string of the molecule is COCC12CCCN1CC1(CC1)C2. The van der Waals surface area contributed by atoms with Crippen molar-refractivity contribution in [3.63, 3.8) is 0 Å². The van der Waals surface area contributed by atoms with Gasteiger partial charge in [0.25, 0.3) is 0 Å². The molecule has 0 bridgehead atoms. The molecule has 2 saturated heterocycles. The van der Waals surface area contributed by atoms with Crippen molar-refractivity contribution in [1.82, 2.24) is 4.90 Å². The summed E-state index contributed by atoms with van der Waals surface area (Å²) in [7, 11) is 1.85. The van der Waals surface area contributed by atoms with Crippen LogP contribution in [0.1, 0.15) is 32.1 Å². The monoisotopic (exact) mass is 181 g/mol.